The molecule has 0 N–H and O–H groups in total. The Labute approximate surface area is 161 Å². The molecule has 1 aromatic carbocycles. The Morgan fingerprint density at radius 3 is 2.81 bits per heavy atom. The van der Waals surface area contributed by atoms with Crippen LogP contribution in [0.1, 0.15) is 10.4 Å². The first-order valence-corrected chi connectivity index (χ1v) is 11.2. The lowest BCUT2D eigenvalue weighted by molar-refractivity contribution is 0.520. The molecule has 0 saturated carbocycles. The Kier molecular flexibility index (Phi) is 6.07. The predicted octanol–water partition coefficient (Wildman–Crippen LogP) is 2.52. The topological polar surface area (TPSA) is 81.0 Å². The average Bonchev–Trinajstić information content (AvgIpc) is 3.29. The van der Waals surface area contributed by atoms with E-state index in [4.69, 9.17) is 0 Å². The number of aromatic nitrogens is 4. The van der Waals surface area contributed by atoms with Gasteiger partial charge in [0.2, 0.25) is 15.2 Å². The van der Waals surface area contributed by atoms with Crippen molar-refractivity contribution in [2.45, 2.75) is 28.8 Å². The van der Waals surface area contributed by atoms with E-state index in [0.717, 1.165) is 17.1 Å². The van der Waals surface area contributed by atoms with Crippen LogP contribution in [0, 0.1) is 0 Å². The van der Waals surface area contributed by atoms with Crippen LogP contribution in [0.25, 0.3) is 0 Å². The molecule has 0 saturated heterocycles. The van der Waals surface area contributed by atoms with Crippen molar-refractivity contribution >= 4 is 33.1 Å². The van der Waals surface area contributed by atoms with Crippen LogP contribution in [0.4, 0.5) is 0 Å². The summed E-state index contributed by atoms with van der Waals surface area (Å²) in [4.78, 5) is 1.58. The number of tetrazole rings is 1. The van der Waals surface area contributed by atoms with Crippen molar-refractivity contribution in [3.05, 3.63) is 52.2 Å². The highest BCUT2D eigenvalue weighted by Gasteiger charge is 2.17. The first kappa shape index (κ1) is 19.0. The van der Waals surface area contributed by atoms with Crippen molar-refractivity contribution in [2.24, 2.45) is 0 Å². The summed E-state index contributed by atoms with van der Waals surface area (Å²) in [7, 11) is -0.381. The molecule has 0 radical (unpaired) electrons. The van der Waals surface area contributed by atoms with Gasteiger partial charge in [0.25, 0.3) is 0 Å². The first-order chi connectivity index (χ1) is 12.5. The molecule has 0 amide bonds. The van der Waals surface area contributed by atoms with Crippen molar-refractivity contribution < 1.29 is 8.42 Å². The van der Waals surface area contributed by atoms with Crippen LogP contribution in [0.5, 0.6) is 0 Å². The fraction of sp³-hybridized carbons (Fsp3) is 0.312. The Morgan fingerprint density at radius 2 is 2.08 bits per heavy atom. The summed E-state index contributed by atoms with van der Waals surface area (Å²) >= 11 is 3.21. The van der Waals surface area contributed by atoms with E-state index < -0.39 is 10.0 Å². The third kappa shape index (κ3) is 4.50. The zero-order valence-corrected chi connectivity index (χ0v) is 16.9. The number of rotatable bonds is 8. The molecule has 7 nitrogen and oxygen atoms in total. The molecule has 2 heterocycles. The maximum Gasteiger partial charge on any atom is 0.242 e. The molecule has 0 aliphatic heterocycles. The zero-order chi connectivity index (χ0) is 18.6. The van der Waals surface area contributed by atoms with Crippen molar-refractivity contribution in [1.29, 1.82) is 0 Å². The molecule has 2 aromatic heterocycles. The van der Waals surface area contributed by atoms with E-state index in [-0.39, 0.29) is 4.90 Å². The van der Waals surface area contributed by atoms with Crippen LogP contribution in [-0.4, -0.2) is 47.0 Å². The Morgan fingerprint density at radius 1 is 1.23 bits per heavy atom. The summed E-state index contributed by atoms with van der Waals surface area (Å²) in [6.07, 6.45) is 0.882. The van der Waals surface area contributed by atoms with Crippen LogP contribution in [0.15, 0.2) is 51.8 Å². The maximum atomic E-state index is 12.3. The molecule has 0 aliphatic carbocycles. The van der Waals surface area contributed by atoms with Gasteiger partial charge in [-0.3, -0.25) is 0 Å². The standard InChI is InChI=1S/C16H19N5O2S3/c1-20(2)26(22,23)15-7-3-5-13(11-15)12-25-16-17-18-19-21(16)9-8-14-6-4-10-24-14/h3-7,10-11H,8-9,12H2,1-2H3. The second-order valence-electron chi connectivity index (χ2n) is 5.74. The van der Waals surface area contributed by atoms with Gasteiger partial charge in [-0.15, -0.1) is 16.4 Å². The maximum absolute atomic E-state index is 12.3. The zero-order valence-electron chi connectivity index (χ0n) is 14.4. The SMILES string of the molecule is CN(C)S(=O)(=O)c1cccc(CSc2nnnn2CCc2cccs2)c1. The highest BCUT2D eigenvalue weighted by atomic mass is 32.2. The molecule has 0 fully saturated rings. The first-order valence-electron chi connectivity index (χ1n) is 7.89. The predicted molar refractivity (Wildman–Crippen MR) is 103 cm³/mol. The second-order valence-corrected chi connectivity index (χ2v) is 9.86. The fourth-order valence-corrected chi connectivity index (χ4v) is 4.78. The molecule has 3 rings (SSSR count). The number of hydrogen-bond donors (Lipinski definition) is 0. The van der Waals surface area contributed by atoms with Gasteiger partial charge in [-0.25, -0.2) is 17.4 Å². The normalized spacial score (nSPS) is 12.0. The van der Waals surface area contributed by atoms with Crippen molar-refractivity contribution in [3.8, 4) is 0 Å². The number of thiophene rings is 1. The molecule has 0 aliphatic rings. The summed E-state index contributed by atoms with van der Waals surface area (Å²) in [5, 5.41) is 14.7. The number of thioether (sulfide) groups is 1. The van der Waals surface area contributed by atoms with Gasteiger partial charge < -0.3 is 0 Å². The molecule has 10 heteroatoms. The minimum absolute atomic E-state index is 0.290. The third-order valence-corrected chi connectivity index (χ3v) is 7.47. The van der Waals surface area contributed by atoms with Gasteiger partial charge >= 0.3 is 0 Å². The number of hydrogen-bond acceptors (Lipinski definition) is 7. The van der Waals surface area contributed by atoms with Gasteiger partial charge in [0, 0.05) is 31.1 Å². The van der Waals surface area contributed by atoms with Crippen LogP contribution in [0.2, 0.25) is 0 Å². The monoisotopic (exact) mass is 409 g/mol. The van der Waals surface area contributed by atoms with E-state index in [0.29, 0.717) is 12.3 Å². The van der Waals surface area contributed by atoms with E-state index >= 15 is 0 Å². The molecule has 3 aromatic rings. The smallest absolute Gasteiger partial charge is 0.220 e. The Balaban J connectivity index is 1.66. The van der Waals surface area contributed by atoms with Crippen molar-refractivity contribution in [3.63, 3.8) is 0 Å². The molecule has 26 heavy (non-hydrogen) atoms. The summed E-state index contributed by atoms with van der Waals surface area (Å²) in [6, 6.07) is 11.1. The molecular formula is C16H19N5O2S3. The third-order valence-electron chi connectivity index (χ3n) is 3.69. The molecular weight excluding hydrogens is 390 g/mol. The lowest BCUT2D eigenvalue weighted by atomic mass is 10.2. The summed E-state index contributed by atoms with van der Waals surface area (Å²) in [5.74, 6) is 0.593. The second kappa shape index (κ2) is 8.30. The lowest BCUT2D eigenvalue weighted by Crippen LogP contribution is -2.22. The summed E-state index contributed by atoms with van der Waals surface area (Å²) in [5.41, 5.74) is 0.908. The van der Waals surface area contributed by atoms with Crippen molar-refractivity contribution in [2.75, 3.05) is 14.1 Å². The largest absolute Gasteiger partial charge is 0.242 e. The number of aryl methyl sites for hydroxylation is 2. The van der Waals surface area contributed by atoms with Gasteiger partial charge in [-0.05, 0) is 39.6 Å². The molecule has 0 unspecified atom stereocenters. The minimum Gasteiger partial charge on any atom is -0.220 e. The van der Waals surface area contributed by atoms with E-state index in [2.05, 4.69) is 27.0 Å². The highest BCUT2D eigenvalue weighted by molar-refractivity contribution is 7.98. The van der Waals surface area contributed by atoms with Crippen LogP contribution in [-0.2, 0) is 28.7 Å². The molecule has 0 atom stereocenters. The van der Waals surface area contributed by atoms with Gasteiger partial charge in [0.1, 0.15) is 0 Å². The number of benzene rings is 1. The fourth-order valence-electron chi connectivity index (χ4n) is 2.27. The quantitative estimate of drug-likeness (QED) is 0.532. The Hall–Kier alpha value is -1.75. The number of nitrogens with zero attached hydrogens (tertiary/aromatic N) is 5. The lowest BCUT2D eigenvalue weighted by Gasteiger charge is -2.12. The minimum atomic E-state index is -3.43. The number of sulfonamides is 1. The Bertz CT molecular complexity index is 952. The van der Waals surface area contributed by atoms with E-state index in [1.807, 2.05) is 12.1 Å². The van der Waals surface area contributed by atoms with Crippen LogP contribution in [0.3, 0.4) is 0 Å². The van der Waals surface area contributed by atoms with Gasteiger partial charge in [0.15, 0.2) is 0 Å². The summed E-state index contributed by atoms with van der Waals surface area (Å²) in [6.45, 7) is 0.713. The van der Waals surface area contributed by atoms with E-state index in [1.165, 1.54) is 35.0 Å². The average molecular weight is 410 g/mol. The highest BCUT2D eigenvalue weighted by Crippen LogP contribution is 2.23. The van der Waals surface area contributed by atoms with Crippen LogP contribution >= 0.6 is 23.1 Å². The summed E-state index contributed by atoms with van der Waals surface area (Å²) < 4.78 is 27.5. The molecule has 0 bridgehead atoms. The van der Waals surface area contributed by atoms with Crippen LogP contribution < -0.4 is 0 Å². The van der Waals surface area contributed by atoms with Gasteiger partial charge in [-0.1, -0.05) is 30.0 Å². The van der Waals surface area contributed by atoms with E-state index in [1.54, 1.807) is 34.2 Å². The molecule has 138 valence electrons. The van der Waals surface area contributed by atoms with E-state index in [9.17, 15) is 8.42 Å². The van der Waals surface area contributed by atoms with Gasteiger partial charge in [0.05, 0.1) is 11.4 Å². The van der Waals surface area contributed by atoms with Gasteiger partial charge in [-0.2, -0.15) is 0 Å². The van der Waals surface area contributed by atoms with Crippen molar-refractivity contribution in [1.82, 2.24) is 24.5 Å². The molecule has 0 spiro atoms.